The summed E-state index contributed by atoms with van der Waals surface area (Å²) in [5, 5.41) is 13.0. The zero-order chi connectivity index (χ0) is 24.1. The molecule has 1 atom stereocenters. The van der Waals surface area contributed by atoms with E-state index in [4.69, 9.17) is 4.98 Å². The minimum atomic E-state index is -0.896. The number of nitrogens with zero attached hydrogens (tertiary/aromatic N) is 6. The largest absolute Gasteiger partial charge is 0.370 e. The predicted octanol–water partition coefficient (Wildman–Crippen LogP) is 1.77. The van der Waals surface area contributed by atoms with E-state index in [9.17, 15) is 9.90 Å². The van der Waals surface area contributed by atoms with E-state index in [2.05, 4.69) is 4.98 Å². The first-order valence-electron chi connectivity index (χ1n) is 11.4. The highest BCUT2D eigenvalue weighted by atomic mass is 32.1. The number of aryl methyl sites for hydroxylation is 1. The average molecular weight is 485 g/mol. The van der Waals surface area contributed by atoms with Crippen LogP contribution in [0.25, 0.3) is 27.1 Å². The van der Waals surface area contributed by atoms with Crippen LogP contribution in [0.5, 0.6) is 0 Å². The Hall–Kier alpha value is -3.95. The van der Waals surface area contributed by atoms with Crippen molar-refractivity contribution in [1.29, 1.82) is 0 Å². The van der Waals surface area contributed by atoms with Crippen LogP contribution in [0, 0.1) is 0 Å². The molecule has 0 bridgehead atoms. The van der Waals surface area contributed by atoms with Crippen LogP contribution in [0.4, 0.5) is 0 Å². The van der Waals surface area contributed by atoms with Crippen LogP contribution in [-0.2, 0) is 20.1 Å². The molecule has 1 aliphatic rings. The van der Waals surface area contributed by atoms with E-state index in [0.29, 0.717) is 34.5 Å². The van der Waals surface area contributed by atoms with Crippen molar-refractivity contribution < 1.29 is 5.11 Å². The van der Waals surface area contributed by atoms with Gasteiger partial charge in [0.2, 0.25) is 5.13 Å². The Balaban J connectivity index is 1.59. The molecular weight excluding hydrogens is 460 g/mol. The summed E-state index contributed by atoms with van der Waals surface area (Å²) < 4.78 is 6.51. The topological polar surface area (TPSA) is 81.1 Å². The summed E-state index contributed by atoms with van der Waals surface area (Å²) >= 11 is 1.48. The second-order valence-corrected chi connectivity index (χ2v) is 9.64. The van der Waals surface area contributed by atoms with Crippen molar-refractivity contribution in [2.45, 2.75) is 26.2 Å². The van der Waals surface area contributed by atoms with Crippen LogP contribution >= 0.6 is 11.3 Å². The zero-order valence-electron chi connectivity index (χ0n) is 19.4. The Morgan fingerprint density at radius 1 is 1.06 bits per heavy atom. The number of fused-ring (bicyclic) bond motifs is 2. The van der Waals surface area contributed by atoms with Gasteiger partial charge in [-0.05, 0) is 30.7 Å². The van der Waals surface area contributed by atoms with Crippen LogP contribution < -0.4 is 16.1 Å². The van der Waals surface area contributed by atoms with Crippen LogP contribution in [0.15, 0.2) is 71.8 Å². The number of hydrogen-bond donors (Lipinski definition) is 1. The third-order valence-electron chi connectivity index (χ3n) is 6.47. The first kappa shape index (κ1) is 21.6. The summed E-state index contributed by atoms with van der Waals surface area (Å²) in [4.78, 5) is 24.9. The summed E-state index contributed by atoms with van der Waals surface area (Å²) in [6, 6.07) is 17.9. The van der Waals surface area contributed by atoms with Gasteiger partial charge >= 0.3 is 0 Å². The number of aromatic nitrogens is 5. The van der Waals surface area contributed by atoms with Gasteiger partial charge in [-0.3, -0.25) is 9.48 Å². The minimum Gasteiger partial charge on any atom is -0.370 e. The fourth-order valence-corrected chi connectivity index (χ4v) is 5.58. The quantitative estimate of drug-likeness (QED) is 0.411. The number of thiazole rings is 1. The molecule has 0 amide bonds. The molecule has 9 heteroatoms. The SMILES string of the molecule is CC1=c2c(n(Cc3ccccc3)n(-c3nc4ccccc4s3)c2=O)=CC(O)N1Cc1nccn1C. The van der Waals surface area contributed by atoms with E-state index in [0.717, 1.165) is 21.6 Å². The molecule has 176 valence electrons. The summed E-state index contributed by atoms with van der Waals surface area (Å²) in [7, 11) is 1.92. The van der Waals surface area contributed by atoms with E-state index in [-0.39, 0.29) is 5.56 Å². The molecule has 1 aliphatic heterocycles. The van der Waals surface area contributed by atoms with Crippen molar-refractivity contribution in [2.75, 3.05) is 0 Å². The molecule has 0 saturated carbocycles. The lowest BCUT2D eigenvalue weighted by Gasteiger charge is -2.30. The van der Waals surface area contributed by atoms with Crippen molar-refractivity contribution in [2.24, 2.45) is 7.05 Å². The smallest absolute Gasteiger partial charge is 0.283 e. The predicted molar refractivity (Wildman–Crippen MR) is 136 cm³/mol. The molecular formula is C26H24N6O2S. The maximum absolute atomic E-state index is 14.0. The molecule has 4 heterocycles. The van der Waals surface area contributed by atoms with E-state index in [1.54, 1.807) is 17.0 Å². The Kier molecular flexibility index (Phi) is 5.16. The Morgan fingerprint density at radius 2 is 1.83 bits per heavy atom. The lowest BCUT2D eigenvalue weighted by atomic mass is 10.2. The standard InChI is InChI=1S/C26H24N6O2S/c1-17-24-20(14-23(33)30(17)16-22-27-12-13-29(22)2)31(15-18-8-4-3-5-9-18)32(25(24)34)26-28-19-10-6-7-11-21(19)35-26/h3-14,23,33H,15-16H2,1-2H3. The van der Waals surface area contributed by atoms with E-state index in [1.165, 1.54) is 11.3 Å². The first-order chi connectivity index (χ1) is 17.0. The molecule has 35 heavy (non-hydrogen) atoms. The lowest BCUT2D eigenvalue weighted by Crippen LogP contribution is -2.49. The molecule has 1 N–H and O–H groups in total. The van der Waals surface area contributed by atoms with Gasteiger partial charge < -0.3 is 14.6 Å². The number of imidazole rings is 1. The Labute approximate surface area is 204 Å². The van der Waals surface area contributed by atoms with Crippen molar-refractivity contribution in [3.63, 3.8) is 0 Å². The molecule has 6 rings (SSSR count). The second-order valence-electron chi connectivity index (χ2n) is 8.63. The number of benzene rings is 2. The fourth-order valence-electron chi connectivity index (χ4n) is 4.61. The Bertz CT molecular complexity index is 1690. The Morgan fingerprint density at radius 3 is 2.57 bits per heavy atom. The van der Waals surface area contributed by atoms with E-state index in [1.807, 2.05) is 88.9 Å². The molecule has 0 spiro atoms. The van der Waals surface area contributed by atoms with Crippen LogP contribution in [0.2, 0.25) is 0 Å². The molecule has 3 aromatic heterocycles. The van der Waals surface area contributed by atoms with E-state index >= 15 is 0 Å². The van der Waals surface area contributed by atoms with Gasteiger partial charge in [-0.15, -0.1) is 0 Å². The van der Waals surface area contributed by atoms with Crippen molar-refractivity contribution in [3.8, 4) is 5.13 Å². The van der Waals surface area contributed by atoms with Crippen LogP contribution in [0.3, 0.4) is 0 Å². The van der Waals surface area contributed by atoms with Gasteiger partial charge in [0, 0.05) is 25.1 Å². The van der Waals surface area contributed by atoms with Crippen LogP contribution in [-0.4, -0.2) is 40.1 Å². The van der Waals surface area contributed by atoms with E-state index < -0.39 is 6.23 Å². The molecule has 2 aromatic carbocycles. The molecule has 0 fully saturated rings. The number of hydrogen-bond acceptors (Lipinski definition) is 6. The molecule has 0 saturated heterocycles. The first-order valence-corrected chi connectivity index (χ1v) is 12.2. The van der Waals surface area contributed by atoms with Gasteiger partial charge in [0.25, 0.3) is 5.56 Å². The van der Waals surface area contributed by atoms with Gasteiger partial charge in [0.1, 0.15) is 12.1 Å². The summed E-state index contributed by atoms with van der Waals surface area (Å²) in [6.07, 6.45) is 4.45. The van der Waals surface area contributed by atoms with Gasteiger partial charge in [-0.25, -0.2) is 9.97 Å². The molecule has 1 unspecified atom stereocenters. The highest BCUT2D eigenvalue weighted by Crippen LogP contribution is 2.24. The van der Waals surface area contributed by atoms with Gasteiger partial charge in [0.15, 0.2) is 0 Å². The maximum atomic E-state index is 14.0. The number of aliphatic hydroxyl groups excluding tert-OH is 1. The highest BCUT2D eigenvalue weighted by Gasteiger charge is 2.26. The summed E-state index contributed by atoms with van der Waals surface area (Å²) in [5.74, 6) is 0.801. The monoisotopic (exact) mass is 484 g/mol. The summed E-state index contributed by atoms with van der Waals surface area (Å²) in [5.41, 5.74) is 2.47. The molecule has 5 aromatic rings. The van der Waals surface area contributed by atoms with Gasteiger partial charge in [-0.1, -0.05) is 53.8 Å². The van der Waals surface area contributed by atoms with Gasteiger partial charge in [0.05, 0.1) is 33.9 Å². The minimum absolute atomic E-state index is 0.152. The van der Waals surface area contributed by atoms with Crippen molar-refractivity contribution in [3.05, 3.63) is 99.3 Å². The number of aliphatic hydroxyl groups is 1. The molecule has 0 aliphatic carbocycles. The highest BCUT2D eigenvalue weighted by molar-refractivity contribution is 7.20. The number of para-hydroxylation sites is 1. The van der Waals surface area contributed by atoms with Crippen LogP contribution in [0.1, 0.15) is 18.3 Å². The third-order valence-corrected chi connectivity index (χ3v) is 7.48. The van der Waals surface area contributed by atoms with Crippen molar-refractivity contribution >= 4 is 33.3 Å². The fraction of sp³-hybridized carbons (Fsp3) is 0.192. The maximum Gasteiger partial charge on any atom is 0.283 e. The third kappa shape index (κ3) is 3.60. The average Bonchev–Trinajstić information content (AvgIpc) is 3.53. The zero-order valence-corrected chi connectivity index (χ0v) is 20.2. The van der Waals surface area contributed by atoms with Crippen molar-refractivity contribution in [1.82, 2.24) is 28.8 Å². The number of rotatable bonds is 5. The summed E-state index contributed by atoms with van der Waals surface area (Å²) in [6.45, 7) is 2.74. The lowest BCUT2D eigenvalue weighted by molar-refractivity contribution is 0.0899. The normalized spacial score (nSPS) is 15.5. The molecule has 8 nitrogen and oxygen atoms in total. The van der Waals surface area contributed by atoms with Gasteiger partial charge in [-0.2, -0.15) is 4.68 Å². The second kappa shape index (κ2) is 8.37. The molecule has 0 radical (unpaired) electrons.